The van der Waals surface area contributed by atoms with E-state index in [9.17, 15) is 0 Å². The Labute approximate surface area is 130 Å². The first kappa shape index (κ1) is 17.2. The first-order valence-electron chi connectivity index (χ1n) is 8.55. The van der Waals surface area contributed by atoms with E-state index < -0.39 is 0 Å². The second-order valence-electron chi connectivity index (χ2n) is 8.06. The van der Waals surface area contributed by atoms with Crippen molar-refractivity contribution in [3.63, 3.8) is 0 Å². The molecule has 3 unspecified atom stereocenters. The Bertz CT molecular complexity index is 316. The van der Waals surface area contributed by atoms with E-state index in [1.165, 1.54) is 32.1 Å². The Hall–Kier alpha value is -0.160. The fraction of sp³-hybridized carbons (Fsp3) is 1.00. The van der Waals surface area contributed by atoms with E-state index in [-0.39, 0.29) is 23.2 Å². The van der Waals surface area contributed by atoms with E-state index in [1.54, 1.807) is 7.11 Å². The number of hydrazine groups is 1. The van der Waals surface area contributed by atoms with Crippen LogP contribution in [0.2, 0.25) is 0 Å². The van der Waals surface area contributed by atoms with Crippen LogP contribution in [0.25, 0.3) is 0 Å². The van der Waals surface area contributed by atoms with Gasteiger partial charge in [0, 0.05) is 13.7 Å². The van der Waals surface area contributed by atoms with Crippen LogP contribution in [0.15, 0.2) is 0 Å². The molecule has 0 aromatic heterocycles. The van der Waals surface area contributed by atoms with Crippen LogP contribution < -0.4 is 11.3 Å². The molecule has 4 nitrogen and oxygen atoms in total. The van der Waals surface area contributed by atoms with Gasteiger partial charge in [0.1, 0.15) is 0 Å². The van der Waals surface area contributed by atoms with Crippen molar-refractivity contribution in [3.05, 3.63) is 0 Å². The van der Waals surface area contributed by atoms with Crippen LogP contribution in [0, 0.1) is 11.3 Å². The number of rotatable bonds is 4. The maximum absolute atomic E-state index is 6.22. The first-order valence-corrected chi connectivity index (χ1v) is 8.55. The molecule has 4 heteroatoms. The number of hydrogen-bond acceptors (Lipinski definition) is 4. The van der Waals surface area contributed by atoms with Gasteiger partial charge in [-0.3, -0.25) is 11.3 Å². The van der Waals surface area contributed by atoms with Crippen molar-refractivity contribution in [1.29, 1.82) is 0 Å². The lowest BCUT2D eigenvalue weighted by Crippen LogP contribution is -2.57. The lowest BCUT2D eigenvalue weighted by molar-refractivity contribution is -0.134. The van der Waals surface area contributed by atoms with Gasteiger partial charge in [-0.15, -0.1) is 0 Å². The second kappa shape index (κ2) is 6.95. The van der Waals surface area contributed by atoms with Crippen LogP contribution in [-0.2, 0) is 9.47 Å². The zero-order valence-corrected chi connectivity index (χ0v) is 14.3. The summed E-state index contributed by atoms with van der Waals surface area (Å²) in [7, 11) is 1.80. The Morgan fingerprint density at radius 2 is 1.90 bits per heavy atom. The predicted octanol–water partition coefficient (Wildman–Crippen LogP) is 3.01. The fourth-order valence-electron chi connectivity index (χ4n) is 4.43. The third-order valence-electron chi connectivity index (χ3n) is 5.43. The van der Waals surface area contributed by atoms with Crippen LogP contribution >= 0.6 is 0 Å². The fourth-order valence-corrected chi connectivity index (χ4v) is 4.43. The van der Waals surface area contributed by atoms with Crippen molar-refractivity contribution in [3.8, 4) is 0 Å². The van der Waals surface area contributed by atoms with E-state index in [1.807, 2.05) is 0 Å². The molecule has 3 atom stereocenters. The predicted molar refractivity (Wildman–Crippen MR) is 85.9 cm³/mol. The van der Waals surface area contributed by atoms with Crippen LogP contribution in [0.1, 0.15) is 65.7 Å². The molecular formula is C17H34N2O2. The molecule has 3 N–H and O–H groups in total. The topological polar surface area (TPSA) is 56.5 Å². The van der Waals surface area contributed by atoms with E-state index in [4.69, 9.17) is 15.3 Å². The van der Waals surface area contributed by atoms with Crippen LogP contribution in [0.4, 0.5) is 0 Å². The van der Waals surface area contributed by atoms with Gasteiger partial charge in [-0.25, -0.2) is 0 Å². The minimum absolute atomic E-state index is 0.0732. The molecule has 1 aliphatic heterocycles. The molecule has 0 aromatic carbocycles. The normalized spacial score (nSPS) is 29.3. The molecule has 0 bridgehead atoms. The molecule has 1 spiro atoms. The Kier molecular flexibility index (Phi) is 5.69. The molecule has 1 heterocycles. The smallest absolute Gasteiger partial charge is 0.0788 e. The van der Waals surface area contributed by atoms with Gasteiger partial charge >= 0.3 is 0 Å². The van der Waals surface area contributed by atoms with Gasteiger partial charge in [0.05, 0.1) is 17.7 Å². The third-order valence-corrected chi connectivity index (χ3v) is 5.43. The van der Waals surface area contributed by atoms with Crippen LogP contribution in [0.5, 0.6) is 0 Å². The average molecular weight is 298 g/mol. The lowest BCUT2D eigenvalue weighted by Gasteiger charge is -2.48. The number of nitrogens with one attached hydrogen (secondary N) is 1. The monoisotopic (exact) mass is 298 g/mol. The number of methoxy groups -OCH3 is 1. The molecule has 2 rings (SSSR count). The van der Waals surface area contributed by atoms with Gasteiger partial charge in [-0.1, -0.05) is 40.0 Å². The molecule has 124 valence electrons. The summed E-state index contributed by atoms with van der Waals surface area (Å²) in [5.74, 6) is 6.46. The summed E-state index contributed by atoms with van der Waals surface area (Å²) in [6.45, 7) is 7.53. The molecule has 0 aromatic rings. The zero-order chi connectivity index (χ0) is 15.5. The number of nitrogens with two attached hydrogens (primary N) is 1. The average Bonchev–Trinajstić information content (AvgIpc) is 2.44. The van der Waals surface area contributed by atoms with Gasteiger partial charge in [-0.2, -0.15) is 0 Å². The maximum atomic E-state index is 6.22. The SMILES string of the molecule is COC(C(NN)C1CCOC2(CCCCC2)C1)C(C)(C)C. The summed E-state index contributed by atoms with van der Waals surface area (Å²) in [6, 6.07) is 0.192. The summed E-state index contributed by atoms with van der Waals surface area (Å²) in [6.07, 6.45) is 8.72. The standard InChI is InChI=1S/C17H34N2O2/c1-16(2,3)15(20-4)14(19-18)13-8-11-21-17(12-13)9-6-5-7-10-17/h13-15,19H,5-12,18H2,1-4H3. The highest BCUT2D eigenvalue weighted by atomic mass is 16.5. The largest absolute Gasteiger partial charge is 0.379 e. The molecule has 2 fully saturated rings. The van der Waals surface area contributed by atoms with Gasteiger partial charge in [-0.05, 0) is 37.0 Å². The van der Waals surface area contributed by atoms with Gasteiger partial charge in [0.2, 0.25) is 0 Å². The van der Waals surface area contributed by atoms with Gasteiger partial charge in [0.25, 0.3) is 0 Å². The molecule has 1 aliphatic carbocycles. The summed E-state index contributed by atoms with van der Waals surface area (Å²) in [5, 5.41) is 0. The molecule has 1 saturated heterocycles. The molecule has 0 radical (unpaired) electrons. The summed E-state index contributed by atoms with van der Waals surface area (Å²) in [5.41, 5.74) is 3.26. The van der Waals surface area contributed by atoms with E-state index in [0.717, 1.165) is 19.4 Å². The molecule has 21 heavy (non-hydrogen) atoms. The third kappa shape index (κ3) is 3.98. The van der Waals surface area contributed by atoms with Crippen molar-refractivity contribution >= 4 is 0 Å². The minimum Gasteiger partial charge on any atom is -0.379 e. The summed E-state index contributed by atoms with van der Waals surface area (Å²) < 4.78 is 12.0. The van der Waals surface area contributed by atoms with E-state index in [0.29, 0.717) is 5.92 Å². The first-order chi connectivity index (χ1) is 9.92. The summed E-state index contributed by atoms with van der Waals surface area (Å²) in [4.78, 5) is 0. The van der Waals surface area contributed by atoms with Crippen molar-refractivity contribution in [2.75, 3.05) is 13.7 Å². The zero-order valence-electron chi connectivity index (χ0n) is 14.3. The highest BCUT2D eigenvalue weighted by molar-refractivity contribution is 4.97. The van der Waals surface area contributed by atoms with Gasteiger partial charge in [0.15, 0.2) is 0 Å². The van der Waals surface area contributed by atoms with Crippen molar-refractivity contribution < 1.29 is 9.47 Å². The Balaban J connectivity index is 2.10. The van der Waals surface area contributed by atoms with Crippen LogP contribution in [-0.4, -0.2) is 31.5 Å². The molecular weight excluding hydrogens is 264 g/mol. The number of hydrogen-bond donors (Lipinski definition) is 2. The molecule has 2 aliphatic rings. The number of ether oxygens (including phenoxy) is 2. The van der Waals surface area contributed by atoms with Crippen molar-refractivity contribution in [2.45, 2.75) is 83.5 Å². The highest BCUT2D eigenvalue weighted by Crippen LogP contribution is 2.43. The van der Waals surface area contributed by atoms with Crippen molar-refractivity contribution in [2.24, 2.45) is 17.2 Å². The maximum Gasteiger partial charge on any atom is 0.0788 e. The van der Waals surface area contributed by atoms with Gasteiger partial charge < -0.3 is 9.47 Å². The van der Waals surface area contributed by atoms with Crippen LogP contribution in [0.3, 0.4) is 0 Å². The minimum atomic E-state index is 0.0732. The Morgan fingerprint density at radius 1 is 1.24 bits per heavy atom. The molecule has 1 saturated carbocycles. The van der Waals surface area contributed by atoms with Crippen molar-refractivity contribution in [1.82, 2.24) is 5.43 Å². The molecule has 0 amide bonds. The summed E-state index contributed by atoms with van der Waals surface area (Å²) >= 11 is 0. The lowest BCUT2D eigenvalue weighted by atomic mass is 9.71. The quantitative estimate of drug-likeness (QED) is 0.619. The Morgan fingerprint density at radius 3 is 2.43 bits per heavy atom. The van der Waals surface area contributed by atoms with E-state index in [2.05, 4.69) is 26.2 Å². The second-order valence-corrected chi connectivity index (χ2v) is 8.06. The van der Waals surface area contributed by atoms with E-state index >= 15 is 0 Å². The highest BCUT2D eigenvalue weighted by Gasteiger charge is 2.44.